The van der Waals surface area contributed by atoms with Gasteiger partial charge in [-0.25, -0.2) is 19.6 Å². The van der Waals surface area contributed by atoms with Gasteiger partial charge in [0, 0.05) is 67.0 Å². The highest BCUT2D eigenvalue weighted by Crippen LogP contribution is 2.48. The van der Waals surface area contributed by atoms with Crippen LogP contribution in [0.3, 0.4) is 0 Å². The number of piperidine rings is 2. The van der Waals surface area contributed by atoms with E-state index in [0.717, 1.165) is 46.2 Å². The fourth-order valence-electron chi connectivity index (χ4n) is 16.5. The minimum absolute atomic E-state index is 0.0939. The minimum Gasteiger partial charge on any atom is -0.444 e. The normalized spacial score (nSPS) is 20.4. The van der Waals surface area contributed by atoms with Crippen LogP contribution in [0.5, 0.6) is 0 Å². The molecule has 2 amide bonds. The van der Waals surface area contributed by atoms with Crippen LogP contribution in [0, 0.1) is 25.7 Å². The van der Waals surface area contributed by atoms with E-state index >= 15 is 0 Å². The van der Waals surface area contributed by atoms with Gasteiger partial charge in [0.05, 0.1) is 34.6 Å². The van der Waals surface area contributed by atoms with E-state index < -0.39 is 34.8 Å². The summed E-state index contributed by atoms with van der Waals surface area (Å²) in [5, 5.41) is 2.18. The van der Waals surface area contributed by atoms with Crippen LogP contribution in [-0.4, -0.2) is 156 Å². The monoisotopic (exact) mass is 1360 g/mol. The smallest absolute Gasteiger partial charge is 0.444 e. The summed E-state index contributed by atoms with van der Waals surface area (Å²) < 4.78 is 52.6. The Hall–Kier alpha value is -4.28. The van der Waals surface area contributed by atoms with Crippen molar-refractivity contribution in [3.63, 3.8) is 0 Å². The first-order valence-electron chi connectivity index (χ1n) is 36.2. The molecule has 9 rings (SSSR count). The number of hydrogen-bond donors (Lipinski definition) is 0. The molecule has 5 aliphatic rings. The Morgan fingerprint density at radius 3 is 1.20 bits per heavy atom. The highest BCUT2D eigenvalue weighted by molar-refractivity contribution is 6.83. The molecule has 22 heteroatoms. The Kier molecular flexibility index (Phi) is 24.2. The molecule has 5 aliphatic heterocycles. The van der Waals surface area contributed by atoms with Crippen molar-refractivity contribution in [2.24, 2.45) is 11.8 Å². The second kappa shape index (κ2) is 29.4. The summed E-state index contributed by atoms with van der Waals surface area (Å²) in [5.74, 6) is 2.56. The van der Waals surface area contributed by atoms with Gasteiger partial charge in [-0.1, -0.05) is 89.1 Å². The lowest BCUT2D eigenvalue weighted by atomic mass is 9.64. The van der Waals surface area contributed by atoms with E-state index in [9.17, 15) is 14.4 Å². The summed E-state index contributed by atoms with van der Waals surface area (Å²) in [6, 6.07) is 4.41. The van der Waals surface area contributed by atoms with Crippen LogP contribution in [0.4, 0.5) is 9.59 Å². The quantitative estimate of drug-likeness (QED) is 0.0815. The highest BCUT2D eigenvalue weighted by Gasteiger charge is 2.57. The molecular weight excluding hydrogens is 1240 g/mol. The number of ether oxygens (including phenoxy) is 2. The molecule has 4 aromatic rings. The maximum atomic E-state index is 13.8. The minimum atomic E-state index is -2.00. The van der Waals surface area contributed by atoms with E-state index in [-0.39, 0.29) is 72.0 Å². The van der Waals surface area contributed by atoms with Crippen molar-refractivity contribution >= 4 is 83.4 Å². The summed E-state index contributed by atoms with van der Waals surface area (Å²) in [7, 11) is -4.95. The summed E-state index contributed by atoms with van der Waals surface area (Å²) >= 11 is 0. The molecule has 0 saturated carbocycles. The lowest BCUT2D eigenvalue weighted by Crippen LogP contribution is -2.51. The van der Waals surface area contributed by atoms with Crippen molar-refractivity contribution in [1.82, 2.24) is 28.2 Å². The zero-order chi connectivity index (χ0) is 72.2. The number of carbonyl (C=O) groups is 3. The van der Waals surface area contributed by atoms with Crippen LogP contribution in [0.25, 0.3) is 27.6 Å². The van der Waals surface area contributed by atoms with Crippen molar-refractivity contribution in [3.05, 3.63) is 65.1 Å². The largest absolute Gasteiger partial charge is 0.487 e. The van der Waals surface area contributed by atoms with Crippen LogP contribution in [-0.2, 0) is 37.4 Å². The second-order valence-corrected chi connectivity index (χ2v) is 46.3. The van der Waals surface area contributed by atoms with Gasteiger partial charge in [0.25, 0.3) is 0 Å². The average molecular weight is 1360 g/mol. The van der Waals surface area contributed by atoms with Gasteiger partial charge in [0.1, 0.15) is 22.5 Å². The molecule has 5 saturated heterocycles. The third-order valence-electron chi connectivity index (χ3n) is 22.2. The van der Waals surface area contributed by atoms with Gasteiger partial charge in [-0.15, -0.1) is 0 Å². The van der Waals surface area contributed by atoms with E-state index in [2.05, 4.69) is 204 Å². The Bertz CT molecular complexity index is 3290. The van der Waals surface area contributed by atoms with Gasteiger partial charge < -0.3 is 55.7 Å². The first kappa shape index (κ1) is 79.0. The van der Waals surface area contributed by atoms with Gasteiger partial charge >= 0.3 is 33.5 Å². The Morgan fingerprint density at radius 2 is 0.875 bits per heavy atom. The number of ketones is 1. The van der Waals surface area contributed by atoms with Crippen molar-refractivity contribution in [2.75, 3.05) is 32.8 Å². The number of allylic oxidation sites excluding steroid dienone is 1. The Balaban J connectivity index is 0.000000217. The van der Waals surface area contributed by atoms with Crippen LogP contribution in [0.1, 0.15) is 247 Å². The molecule has 96 heavy (non-hydrogen) atoms. The predicted molar refractivity (Wildman–Crippen MR) is 399 cm³/mol. The molecule has 0 aliphatic carbocycles. The van der Waals surface area contributed by atoms with E-state index in [1.807, 2.05) is 59.6 Å². The summed E-state index contributed by atoms with van der Waals surface area (Å²) in [4.78, 5) is 52.7. The maximum Gasteiger partial charge on any atom is 0.487 e. The van der Waals surface area contributed by atoms with E-state index in [1.165, 1.54) is 16.5 Å². The van der Waals surface area contributed by atoms with E-state index in [4.69, 9.17) is 47.4 Å². The summed E-state index contributed by atoms with van der Waals surface area (Å²) in [5.41, 5.74) is 8.17. The van der Waals surface area contributed by atoms with E-state index in [1.54, 1.807) is 4.90 Å². The molecule has 0 unspecified atom stereocenters. The lowest BCUT2D eigenvalue weighted by molar-refractivity contribution is 0.00578. The number of hydrogen-bond acceptors (Lipinski definition) is 13. The Labute approximate surface area is 582 Å². The molecule has 534 valence electrons. The number of likely N-dealkylation sites (tertiary alicyclic amines) is 2. The topological polar surface area (TPSA) is 167 Å². The van der Waals surface area contributed by atoms with Crippen molar-refractivity contribution in [3.8, 4) is 0 Å². The standard InChI is InChI=1S/C33H54BN3O4Si.C28H45N3O3Si.C13H26B2O4/c1-22(2)42(23(3)4,24(5)6)37-18-15-27-29(25(7)20-35-30(27)37)28(19-34-39-21-33(11,12)41-34)26-13-16-36(17-14-26)31(38)40-32(8,9)10;1-18(2)35(19(3)4,20(5)6)31-16-13-23-24(21(7)17-29-26(23)31)25(32)22-11-14-30(15-12-22)27(33)34-28(8,9)10;1-10(2)11(3,4)17-14(16-10)9-15-18-12(5,6)13(7,8)19-15/h15,18-20,22-24,26H,13-14,16-17,21H2,1-12H3;13,16-20,22H,11-12,14-15H2,1-10H3;9H2,1-8H3/b28-19-;;. The number of carbonyl (C=O) groups excluding carboxylic acids is 3. The number of aromatic nitrogens is 4. The number of pyridine rings is 2. The maximum absolute atomic E-state index is 13.8. The SMILES string of the molecule is CC1(C)OB(CB2OC(C)(C)C(C)(C)O2)OC1(C)C.Cc1cnc2c(ccn2[Si](C(C)C)(C(C)C)C(C)C)c1/C(=C\B1OCC(C)(C)O1)C1CCN(C(=O)OC(C)(C)C)CC1.Cc1cnc2c(ccn2[Si](C(C)C)(C(C)C)C(C)C)c1C(=O)C1CCN(C(=O)OC(C)(C)C)CC1. The molecule has 0 aromatic carbocycles. The molecule has 0 radical (unpaired) electrons. The number of aryl methyl sites for hydroxylation is 2. The van der Waals surface area contributed by atoms with E-state index in [0.29, 0.717) is 85.1 Å². The molecular formula is C74H125B3N6O11Si2. The van der Waals surface area contributed by atoms with Crippen LogP contribution >= 0.6 is 0 Å². The van der Waals surface area contributed by atoms with Crippen LogP contribution in [0.15, 0.2) is 42.9 Å². The fraction of sp³-hybridized carbons (Fsp3) is 0.743. The molecule has 9 heterocycles. The average Bonchev–Trinajstić information content (AvgIpc) is 1.52. The number of fused-ring (bicyclic) bond motifs is 2. The molecule has 0 N–H and O–H groups in total. The van der Waals surface area contributed by atoms with Crippen LogP contribution in [0.2, 0.25) is 39.5 Å². The summed E-state index contributed by atoms with van der Waals surface area (Å²) in [6.07, 6.45) is 11.6. The lowest BCUT2D eigenvalue weighted by Gasteiger charge is -2.44. The van der Waals surface area contributed by atoms with Gasteiger partial charge in [-0.3, -0.25) is 4.79 Å². The zero-order valence-electron chi connectivity index (χ0n) is 65.1. The number of rotatable bonds is 15. The molecule has 5 fully saturated rings. The molecule has 0 atom stereocenters. The Morgan fingerprint density at radius 1 is 0.542 bits per heavy atom. The first-order valence-corrected chi connectivity index (χ1v) is 40.6. The van der Waals surface area contributed by atoms with Gasteiger partial charge in [-0.05, 0) is 236 Å². The third kappa shape index (κ3) is 16.5. The summed E-state index contributed by atoms with van der Waals surface area (Å²) in [6.45, 7) is 67.5. The van der Waals surface area contributed by atoms with Crippen molar-refractivity contribution < 1.29 is 51.8 Å². The number of nitrogens with zero attached hydrogens (tertiary/aromatic N) is 6. The first-order chi connectivity index (χ1) is 44.1. The van der Waals surface area contributed by atoms with Gasteiger partial charge in [0.2, 0.25) is 0 Å². The fourth-order valence-corrected chi connectivity index (χ4v) is 29.6. The third-order valence-corrected chi connectivity index (χ3v) is 35.7. The number of Topliss-reactive ketones (excluding diaryl/α,β-unsaturated/α-hetero) is 1. The second-order valence-electron chi connectivity index (χ2n) is 34.8. The molecule has 0 bridgehead atoms. The predicted octanol–water partition coefficient (Wildman–Crippen LogP) is 18.2. The number of amides is 2. The molecule has 4 aromatic heterocycles. The molecule has 0 spiro atoms. The van der Waals surface area contributed by atoms with Gasteiger partial charge in [0.15, 0.2) is 22.3 Å². The van der Waals surface area contributed by atoms with Crippen molar-refractivity contribution in [2.45, 2.75) is 312 Å². The zero-order valence-corrected chi connectivity index (χ0v) is 67.1. The van der Waals surface area contributed by atoms with Crippen molar-refractivity contribution in [1.29, 1.82) is 0 Å². The molecule has 17 nitrogen and oxygen atoms in total. The van der Waals surface area contributed by atoms with Crippen LogP contribution < -0.4 is 0 Å². The highest BCUT2D eigenvalue weighted by atomic mass is 28.3. The van der Waals surface area contributed by atoms with Gasteiger partial charge in [-0.2, -0.15) is 0 Å².